The van der Waals surface area contributed by atoms with Gasteiger partial charge in [0.25, 0.3) is 0 Å². The molecular weight excluding hydrogens is 290 g/mol. The number of rotatable bonds is 6. The molecule has 0 spiro atoms. The lowest BCUT2D eigenvalue weighted by Crippen LogP contribution is -2.35. The molecular formula is C15H16ClN3O2. The predicted molar refractivity (Wildman–Crippen MR) is 83.6 cm³/mol. The number of carbonyl (C=O) groups is 1. The fourth-order valence-corrected chi connectivity index (χ4v) is 2.07. The van der Waals surface area contributed by atoms with Crippen molar-refractivity contribution >= 4 is 28.9 Å². The Hall–Kier alpha value is -2.11. The second kappa shape index (κ2) is 7.61. The van der Waals surface area contributed by atoms with Crippen molar-refractivity contribution in [1.29, 1.82) is 0 Å². The Morgan fingerprint density at radius 2 is 2.00 bits per heavy atom. The van der Waals surface area contributed by atoms with E-state index >= 15 is 0 Å². The number of anilines is 2. The fourth-order valence-electron chi connectivity index (χ4n) is 1.90. The average molecular weight is 306 g/mol. The van der Waals surface area contributed by atoms with Crippen molar-refractivity contribution in [3.8, 4) is 0 Å². The van der Waals surface area contributed by atoms with Gasteiger partial charge in [0.15, 0.2) is 5.15 Å². The summed E-state index contributed by atoms with van der Waals surface area (Å²) in [5.41, 5.74) is 1.35. The zero-order valence-corrected chi connectivity index (χ0v) is 12.1. The molecule has 0 bridgehead atoms. The summed E-state index contributed by atoms with van der Waals surface area (Å²) in [6, 6.07) is 12.8. The summed E-state index contributed by atoms with van der Waals surface area (Å²) in [7, 11) is 0. The first kappa shape index (κ1) is 15.3. The van der Waals surface area contributed by atoms with Crippen molar-refractivity contribution in [3.63, 3.8) is 0 Å². The molecule has 1 heterocycles. The molecule has 1 aromatic heterocycles. The van der Waals surface area contributed by atoms with Crippen LogP contribution in [0, 0.1) is 0 Å². The van der Waals surface area contributed by atoms with Gasteiger partial charge in [-0.05, 0) is 24.3 Å². The Morgan fingerprint density at radius 1 is 1.24 bits per heavy atom. The molecule has 1 aromatic carbocycles. The molecule has 2 aromatic rings. The van der Waals surface area contributed by atoms with E-state index in [0.717, 1.165) is 5.69 Å². The van der Waals surface area contributed by atoms with Crippen LogP contribution < -0.4 is 10.2 Å². The molecule has 1 amide bonds. The van der Waals surface area contributed by atoms with Crippen molar-refractivity contribution in [3.05, 3.63) is 53.8 Å². The van der Waals surface area contributed by atoms with E-state index in [2.05, 4.69) is 10.3 Å². The first-order valence-electron chi connectivity index (χ1n) is 6.52. The minimum absolute atomic E-state index is 0.0319. The van der Waals surface area contributed by atoms with Gasteiger partial charge < -0.3 is 15.3 Å². The van der Waals surface area contributed by atoms with Crippen LogP contribution in [-0.4, -0.2) is 35.7 Å². The number of aliphatic hydroxyl groups excluding tert-OH is 1. The Kier molecular flexibility index (Phi) is 5.54. The van der Waals surface area contributed by atoms with Crippen LogP contribution in [0.3, 0.4) is 0 Å². The zero-order chi connectivity index (χ0) is 15.1. The van der Waals surface area contributed by atoms with Gasteiger partial charge in [-0.15, -0.1) is 0 Å². The molecule has 0 aliphatic rings. The van der Waals surface area contributed by atoms with Crippen LogP contribution in [0.5, 0.6) is 0 Å². The number of halogens is 1. The van der Waals surface area contributed by atoms with E-state index in [1.165, 1.54) is 0 Å². The van der Waals surface area contributed by atoms with Gasteiger partial charge in [-0.1, -0.05) is 29.8 Å². The molecule has 0 fully saturated rings. The van der Waals surface area contributed by atoms with Gasteiger partial charge in [-0.3, -0.25) is 4.79 Å². The van der Waals surface area contributed by atoms with Gasteiger partial charge in [0.05, 0.1) is 18.8 Å². The number of carbonyl (C=O) groups excluding carboxylic acids is 1. The van der Waals surface area contributed by atoms with Crippen LogP contribution in [0.15, 0.2) is 48.7 Å². The molecule has 0 saturated carbocycles. The largest absolute Gasteiger partial charge is 0.395 e. The summed E-state index contributed by atoms with van der Waals surface area (Å²) in [6.45, 7) is 0.462. The SMILES string of the molecule is O=C(CN(CCO)c1ccccc1)Nc1cccnc1Cl. The number of nitrogens with zero attached hydrogens (tertiary/aromatic N) is 2. The molecule has 2 rings (SSSR count). The summed E-state index contributed by atoms with van der Waals surface area (Å²) in [6.07, 6.45) is 1.56. The summed E-state index contributed by atoms with van der Waals surface area (Å²) in [5, 5.41) is 12.1. The van der Waals surface area contributed by atoms with E-state index in [9.17, 15) is 4.79 Å². The zero-order valence-electron chi connectivity index (χ0n) is 11.4. The molecule has 0 unspecified atom stereocenters. The van der Waals surface area contributed by atoms with E-state index in [0.29, 0.717) is 12.2 Å². The molecule has 0 saturated heterocycles. The van der Waals surface area contributed by atoms with Crippen molar-refractivity contribution in [1.82, 2.24) is 4.98 Å². The standard InChI is InChI=1S/C15H16ClN3O2/c16-15-13(7-4-8-17-15)18-14(21)11-19(9-10-20)12-5-2-1-3-6-12/h1-8,20H,9-11H2,(H,18,21). The second-order valence-electron chi connectivity index (χ2n) is 4.37. The first-order chi connectivity index (χ1) is 10.2. The van der Waals surface area contributed by atoms with E-state index in [-0.39, 0.29) is 24.2 Å². The monoisotopic (exact) mass is 305 g/mol. The highest BCUT2D eigenvalue weighted by atomic mass is 35.5. The first-order valence-corrected chi connectivity index (χ1v) is 6.89. The Bertz CT molecular complexity index is 592. The summed E-state index contributed by atoms with van der Waals surface area (Å²) in [5.74, 6) is -0.220. The maximum absolute atomic E-state index is 12.1. The Balaban J connectivity index is 2.04. The van der Waals surface area contributed by atoms with Gasteiger partial charge in [-0.2, -0.15) is 0 Å². The smallest absolute Gasteiger partial charge is 0.243 e. The van der Waals surface area contributed by atoms with Gasteiger partial charge in [0.1, 0.15) is 0 Å². The Morgan fingerprint density at radius 3 is 2.67 bits per heavy atom. The highest BCUT2D eigenvalue weighted by Gasteiger charge is 2.12. The number of para-hydroxylation sites is 1. The predicted octanol–water partition coefficient (Wildman–Crippen LogP) is 2.17. The lowest BCUT2D eigenvalue weighted by molar-refractivity contribution is -0.115. The minimum atomic E-state index is -0.220. The van der Waals surface area contributed by atoms with Gasteiger partial charge in [-0.25, -0.2) is 4.98 Å². The van der Waals surface area contributed by atoms with Crippen LogP contribution in [0.4, 0.5) is 11.4 Å². The van der Waals surface area contributed by atoms with Crippen molar-refractivity contribution in [2.24, 2.45) is 0 Å². The molecule has 2 N–H and O–H groups in total. The molecule has 21 heavy (non-hydrogen) atoms. The number of hydrogen-bond acceptors (Lipinski definition) is 4. The lowest BCUT2D eigenvalue weighted by Gasteiger charge is -2.23. The van der Waals surface area contributed by atoms with Gasteiger partial charge in [0, 0.05) is 18.4 Å². The molecule has 0 aliphatic carbocycles. The van der Waals surface area contributed by atoms with Crippen LogP contribution >= 0.6 is 11.6 Å². The van der Waals surface area contributed by atoms with Gasteiger partial charge >= 0.3 is 0 Å². The van der Waals surface area contributed by atoms with E-state index in [1.807, 2.05) is 30.3 Å². The third-order valence-corrected chi connectivity index (χ3v) is 3.16. The lowest BCUT2D eigenvalue weighted by atomic mass is 10.3. The molecule has 6 heteroatoms. The van der Waals surface area contributed by atoms with Crippen LogP contribution in [-0.2, 0) is 4.79 Å². The summed E-state index contributed by atoms with van der Waals surface area (Å²) < 4.78 is 0. The number of aromatic nitrogens is 1. The second-order valence-corrected chi connectivity index (χ2v) is 4.73. The normalized spacial score (nSPS) is 10.2. The van der Waals surface area contributed by atoms with Crippen molar-refractivity contribution in [2.75, 3.05) is 29.9 Å². The van der Waals surface area contributed by atoms with Crippen LogP contribution in [0.25, 0.3) is 0 Å². The third-order valence-electron chi connectivity index (χ3n) is 2.86. The summed E-state index contributed by atoms with van der Waals surface area (Å²) >= 11 is 5.90. The maximum Gasteiger partial charge on any atom is 0.243 e. The Labute approximate surface area is 128 Å². The molecule has 0 radical (unpaired) electrons. The minimum Gasteiger partial charge on any atom is -0.395 e. The number of benzene rings is 1. The quantitative estimate of drug-likeness (QED) is 0.803. The molecule has 0 aliphatic heterocycles. The van der Waals surface area contributed by atoms with E-state index < -0.39 is 0 Å². The van der Waals surface area contributed by atoms with Crippen molar-refractivity contribution in [2.45, 2.75) is 0 Å². The molecule has 110 valence electrons. The van der Waals surface area contributed by atoms with Crippen LogP contribution in [0.1, 0.15) is 0 Å². The van der Waals surface area contributed by atoms with Crippen molar-refractivity contribution < 1.29 is 9.90 Å². The van der Waals surface area contributed by atoms with Crippen LogP contribution in [0.2, 0.25) is 5.15 Å². The highest BCUT2D eigenvalue weighted by molar-refractivity contribution is 6.32. The van der Waals surface area contributed by atoms with E-state index in [4.69, 9.17) is 16.7 Å². The number of nitrogens with one attached hydrogen (secondary N) is 1. The van der Waals surface area contributed by atoms with Gasteiger partial charge in [0.2, 0.25) is 5.91 Å². The topological polar surface area (TPSA) is 65.5 Å². The van der Waals surface area contributed by atoms with E-state index in [1.54, 1.807) is 23.2 Å². The molecule has 0 atom stereocenters. The number of amides is 1. The third kappa shape index (κ3) is 4.44. The number of hydrogen-bond donors (Lipinski definition) is 2. The highest BCUT2D eigenvalue weighted by Crippen LogP contribution is 2.18. The fraction of sp³-hybridized carbons (Fsp3) is 0.200. The maximum atomic E-state index is 12.1. The summed E-state index contributed by atoms with van der Waals surface area (Å²) in [4.78, 5) is 17.8. The number of aliphatic hydroxyl groups is 1. The molecule has 5 nitrogen and oxygen atoms in total. The number of pyridine rings is 1. The average Bonchev–Trinajstić information content (AvgIpc) is 2.50.